The highest BCUT2D eigenvalue weighted by molar-refractivity contribution is 7.96. The molecule has 24 heavy (non-hydrogen) atoms. The molecule has 0 saturated carbocycles. The van der Waals surface area contributed by atoms with E-state index in [1.54, 1.807) is 0 Å². The third-order valence-electron chi connectivity index (χ3n) is 3.98. The monoisotopic (exact) mass is 326 g/mol. The van der Waals surface area contributed by atoms with E-state index in [4.69, 9.17) is 0 Å². The minimum atomic E-state index is -2.47. The fraction of sp³-hybridized carbons (Fsp3) is 0. The Balaban J connectivity index is 2.57. The van der Waals surface area contributed by atoms with Crippen LogP contribution in [0.2, 0.25) is 0 Å². The molecule has 3 rings (SSSR count). The lowest BCUT2D eigenvalue weighted by Gasteiger charge is -2.28. The van der Waals surface area contributed by atoms with Crippen LogP contribution in [0.1, 0.15) is 0 Å². The van der Waals surface area contributed by atoms with Crippen LogP contribution in [0.15, 0.2) is 91.0 Å². The lowest BCUT2D eigenvalue weighted by atomic mass is 10.4. The van der Waals surface area contributed by atoms with Gasteiger partial charge in [-0.3, -0.25) is 0 Å². The summed E-state index contributed by atoms with van der Waals surface area (Å²) in [5.74, 6) is 0. The van der Waals surface area contributed by atoms with Crippen molar-refractivity contribution in [3.63, 3.8) is 0 Å². The topological polar surface area (TPSA) is 47.6 Å². The van der Waals surface area contributed by atoms with Crippen molar-refractivity contribution in [1.82, 2.24) is 0 Å². The van der Waals surface area contributed by atoms with Gasteiger partial charge in [-0.15, -0.1) is 0 Å². The Morgan fingerprint density at radius 1 is 0.542 bits per heavy atom. The number of nitriles is 2. The van der Waals surface area contributed by atoms with Gasteiger partial charge in [0.15, 0.2) is 0 Å². The van der Waals surface area contributed by atoms with E-state index in [0.717, 1.165) is 15.9 Å². The highest BCUT2D eigenvalue weighted by Gasteiger charge is 2.30. The van der Waals surface area contributed by atoms with Crippen molar-refractivity contribution in [3.05, 3.63) is 91.0 Å². The second-order valence-electron chi connectivity index (χ2n) is 5.25. The molecule has 3 heteroatoms. The normalized spacial score (nSPS) is 10.4. The molecule has 0 unspecified atom stereocenters. The van der Waals surface area contributed by atoms with Gasteiger partial charge in [0.25, 0.3) is 0 Å². The second kappa shape index (κ2) is 7.01. The molecule has 0 N–H and O–H groups in total. The van der Waals surface area contributed by atoms with Crippen LogP contribution in [0.25, 0.3) is 0 Å². The molecule has 0 bridgehead atoms. The van der Waals surface area contributed by atoms with Crippen molar-refractivity contribution in [3.8, 4) is 12.1 Å². The molecule has 114 valence electrons. The molecule has 0 aliphatic carbocycles. The van der Waals surface area contributed by atoms with Crippen LogP contribution in [0.5, 0.6) is 0 Å². The first-order valence-corrected chi connectivity index (χ1v) is 9.36. The number of nitrogens with zero attached hydrogens (tertiary/aromatic N) is 2. The van der Waals surface area contributed by atoms with E-state index in [2.05, 4.69) is 12.1 Å². The Kier molecular flexibility index (Phi) is 4.62. The van der Waals surface area contributed by atoms with Gasteiger partial charge >= 0.3 is 0 Å². The zero-order valence-electron chi connectivity index (χ0n) is 13.0. The molecule has 2 nitrogen and oxygen atoms in total. The Bertz CT molecular complexity index is 844. The minimum Gasteiger partial charge on any atom is -0.192 e. The van der Waals surface area contributed by atoms with E-state index in [9.17, 15) is 10.5 Å². The Hall–Kier alpha value is -3.06. The van der Waals surface area contributed by atoms with Crippen molar-refractivity contribution in [2.45, 2.75) is 0 Å². The molecule has 0 radical (unpaired) electrons. The largest absolute Gasteiger partial charge is 0.192 e. The Morgan fingerprint density at radius 3 is 1.08 bits per heavy atom. The molecule has 0 aliphatic rings. The van der Waals surface area contributed by atoms with Gasteiger partial charge in [-0.25, -0.2) is 0 Å². The average Bonchev–Trinajstić information content (AvgIpc) is 2.68. The highest BCUT2D eigenvalue weighted by Crippen LogP contribution is 2.45. The van der Waals surface area contributed by atoms with Crippen molar-refractivity contribution in [2.24, 2.45) is 0 Å². The molecule has 0 saturated heterocycles. The van der Waals surface area contributed by atoms with Crippen LogP contribution in [-0.4, -0.2) is 5.29 Å². The van der Waals surface area contributed by atoms with Crippen LogP contribution in [0.3, 0.4) is 0 Å². The number of hydrogen-bond donors (Lipinski definition) is 0. The van der Waals surface area contributed by atoms with E-state index in [1.807, 2.05) is 91.0 Å². The van der Waals surface area contributed by atoms with E-state index in [0.29, 0.717) is 0 Å². The third kappa shape index (κ3) is 2.55. The van der Waals surface area contributed by atoms with Crippen molar-refractivity contribution in [2.75, 3.05) is 0 Å². The molecule has 0 amide bonds. The standard InChI is InChI=1S/C21H15N2P/c22-16-21(17-23)24(18-10-4-1-5-11-18,19-12-6-2-7-13-19)20-14-8-3-9-15-20/h1-15H. The number of rotatable bonds is 3. The lowest BCUT2D eigenvalue weighted by Crippen LogP contribution is -2.29. The number of benzene rings is 3. The molecule has 0 spiro atoms. The van der Waals surface area contributed by atoms with Crippen molar-refractivity contribution in [1.29, 1.82) is 10.5 Å². The van der Waals surface area contributed by atoms with Gasteiger partial charge in [0.05, 0.1) is 0 Å². The van der Waals surface area contributed by atoms with Gasteiger partial charge in [0.1, 0.15) is 17.4 Å². The van der Waals surface area contributed by atoms with Gasteiger partial charge in [-0.05, 0) is 15.9 Å². The third-order valence-corrected chi connectivity index (χ3v) is 8.07. The zero-order chi connectivity index (χ0) is 16.8. The van der Waals surface area contributed by atoms with Crippen LogP contribution in [-0.2, 0) is 0 Å². The van der Waals surface area contributed by atoms with E-state index in [1.165, 1.54) is 0 Å². The van der Waals surface area contributed by atoms with E-state index in [-0.39, 0.29) is 5.29 Å². The number of hydrogen-bond acceptors (Lipinski definition) is 2. The summed E-state index contributed by atoms with van der Waals surface area (Å²) in [6.07, 6.45) is 0. The van der Waals surface area contributed by atoms with Crippen LogP contribution < -0.4 is 15.9 Å². The molecule has 0 atom stereocenters. The summed E-state index contributed by atoms with van der Waals surface area (Å²) in [4.78, 5) is 0. The summed E-state index contributed by atoms with van der Waals surface area (Å²) in [7, 11) is 0. The van der Waals surface area contributed by atoms with Crippen LogP contribution >= 0.6 is 6.89 Å². The predicted molar refractivity (Wildman–Crippen MR) is 101 cm³/mol. The Morgan fingerprint density at radius 2 is 0.833 bits per heavy atom. The van der Waals surface area contributed by atoms with Gasteiger partial charge in [-0.1, -0.05) is 91.0 Å². The quantitative estimate of drug-likeness (QED) is 0.694. The maximum Gasteiger partial charge on any atom is 0.138 e. The summed E-state index contributed by atoms with van der Waals surface area (Å²) >= 11 is 0. The van der Waals surface area contributed by atoms with Crippen molar-refractivity contribution < 1.29 is 0 Å². The molecule has 3 aromatic carbocycles. The summed E-state index contributed by atoms with van der Waals surface area (Å²) in [5, 5.41) is 22.8. The molecule has 0 aliphatic heterocycles. The molecule has 3 aromatic rings. The average molecular weight is 326 g/mol. The van der Waals surface area contributed by atoms with Gasteiger partial charge in [0, 0.05) is 6.89 Å². The first kappa shape index (κ1) is 15.8. The summed E-state index contributed by atoms with van der Waals surface area (Å²) in [6.45, 7) is -2.47. The van der Waals surface area contributed by atoms with Crippen LogP contribution in [0, 0.1) is 22.7 Å². The maximum absolute atomic E-state index is 9.76. The summed E-state index contributed by atoms with van der Waals surface area (Å²) in [5.41, 5.74) is 0. The minimum absolute atomic E-state index is 0.270. The summed E-state index contributed by atoms with van der Waals surface area (Å²) < 4.78 is 0. The maximum atomic E-state index is 9.76. The first-order valence-electron chi connectivity index (χ1n) is 7.57. The van der Waals surface area contributed by atoms with Gasteiger partial charge in [0.2, 0.25) is 0 Å². The molecule has 0 aromatic heterocycles. The predicted octanol–water partition coefficient (Wildman–Crippen LogP) is 3.20. The Labute approximate surface area is 142 Å². The van der Waals surface area contributed by atoms with Crippen LogP contribution in [0.4, 0.5) is 0 Å². The van der Waals surface area contributed by atoms with E-state index < -0.39 is 6.89 Å². The first-order chi connectivity index (χ1) is 11.8. The van der Waals surface area contributed by atoms with E-state index >= 15 is 0 Å². The molecular formula is C21H15N2P. The smallest absolute Gasteiger partial charge is 0.138 e. The molecule has 0 fully saturated rings. The van der Waals surface area contributed by atoms with Crippen molar-refractivity contribution >= 4 is 28.1 Å². The molecular weight excluding hydrogens is 311 g/mol. The lowest BCUT2D eigenvalue weighted by molar-refractivity contribution is 1.54. The summed E-state index contributed by atoms with van der Waals surface area (Å²) in [6, 6.07) is 34.1. The highest BCUT2D eigenvalue weighted by atomic mass is 31.2. The van der Waals surface area contributed by atoms with Gasteiger partial charge < -0.3 is 0 Å². The van der Waals surface area contributed by atoms with Gasteiger partial charge in [-0.2, -0.15) is 10.5 Å². The SMILES string of the molecule is N#CC(C#N)=P(c1ccccc1)(c1ccccc1)c1ccccc1. The molecule has 0 heterocycles. The zero-order valence-corrected chi connectivity index (χ0v) is 13.9. The fourth-order valence-electron chi connectivity index (χ4n) is 2.96. The second-order valence-corrected chi connectivity index (χ2v) is 8.59. The fourth-order valence-corrected chi connectivity index (χ4v) is 6.79.